The van der Waals surface area contributed by atoms with Crippen LogP contribution in [0.4, 0.5) is 0 Å². The summed E-state index contributed by atoms with van der Waals surface area (Å²) in [5, 5.41) is 2.78. The van der Waals surface area contributed by atoms with Crippen molar-refractivity contribution in [2.45, 2.75) is 45.2 Å². The van der Waals surface area contributed by atoms with Crippen molar-refractivity contribution >= 4 is 15.9 Å². The molecule has 1 saturated carbocycles. The highest BCUT2D eigenvalue weighted by Gasteiger charge is 2.32. The third-order valence-electron chi connectivity index (χ3n) is 2.38. The van der Waals surface area contributed by atoms with Crippen LogP contribution in [0.15, 0.2) is 0 Å². The number of amides is 1. The molecule has 0 spiro atoms. The van der Waals surface area contributed by atoms with Gasteiger partial charge in [-0.25, -0.2) is 8.42 Å². The van der Waals surface area contributed by atoms with Gasteiger partial charge in [-0.1, -0.05) is 0 Å². The largest absolute Gasteiger partial charge is 0.352 e. The Morgan fingerprint density at radius 1 is 1.38 bits per heavy atom. The number of hydrogen-bond donors (Lipinski definition) is 1. The van der Waals surface area contributed by atoms with Gasteiger partial charge in [0, 0.05) is 11.6 Å². The van der Waals surface area contributed by atoms with Crippen molar-refractivity contribution in [2.75, 3.05) is 12.8 Å². The van der Waals surface area contributed by atoms with Crippen molar-refractivity contribution in [2.24, 2.45) is 0 Å². The van der Waals surface area contributed by atoms with Crippen LogP contribution in [-0.2, 0) is 14.8 Å². The van der Waals surface area contributed by atoms with Gasteiger partial charge in [-0.2, -0.15) is 4.31 Å². The fourth-order valence-electron chi connectivity index (χ4n) is 1.48. The molecule has 0 atom stereocenters. The molecule has 0 aromatic heterocycles. The van der Waals surface area contributed by atoms with E-state index in [2.05, 4.69) is 5.32 Å². The fraction of sp³-hybridized carbons (Fsp3) is 0.900. The minimum Gasteiger partial charge on any atom is -0.352 e. The van der Waals surface area contributed by atoms with Gasteiger partial charge in [0.15, 0.2) is 0 Å². The van der Waals surface area contributed by atoms with Gasteiger partial charge in [0.05, 0.1) is 12.8 Å². The van der Waals surface area contributed by atoms with E-state index in [1.54, 1.807) is 20.8 Å². The molecule has 1 N–H and O–H groups in total. The van der Waals surface area contributed by atoms with Crippen LogP contribution in [0.25, 0.3) is 0 Å². The molecule has 5 nitrogen and oxygen atoms in total. The Labute approximate surface area is 97.2 Å². The van der Waals surface area contributed by atoms with E-state index in [9.17, 15) is 13.2 Å². The first-order valence-corrected chi connectivity index (χ1v) is 7.23. The van der Waals surface area contributed by atoms with E-state index in [1.165, 1.54) is 4.31 Å². The zero-order valence-electron chi connectivity index (χ0n) is 10.3. The smallest absolute Gasteiger partial charge is 0.235 e. The molecule has 0 aliphatic heterocycles. The number of nitrogens with zero attached hydrogens (tertiary/aromatic N) is 1. The summed E-state index contributed by atoms with van der Waals surface area (Å²) >= 11 is 0. The Balaban J connectivity index is 2.67. The first kappa shape index (κ1) is 13.4. The number of rotatable bonds is 4. The Kier molecular flexibility index (Phi) is 3.64. The first-order chi connectivity index (χ1) is 7.10. The Bertz CT molecular complexity index is 366. The van der Waals surface area contributed by atoms with Crippen LogP contribution in [0.2, 0.25) is 0 Å². The average molecular weight is 248 g/mol. The van der Waals surface area contributed by atoms with Gasteiger partial charge in [0.2, 0.25) is 15.9 Å². The summed E-state index contributed by atoms with van der Waals surface area (Å²) < 4.78 is 24.3. The van der Waals surface area contributed by atoms with E-state index in [-0.39, 0.29) is 18.5 Å². The molecule has 1 aliphatic rings. The summed E-state index contributed by atoms with van der Waals surface area (Å²) in [5.74, 6) is -0.220. The minimum absolute atomic E-state index is 0.0984. The lowest BCUT2D eigenvalue weighted by Crippen LogP contribution is -2.50. The van der Waals surface area contributed by atoms with Crippen LogP contribution in [0.5, 0.6) is 0 Å². The zero-order chi connectivity index (χ0) is 12.6. The third kappa shape index (κ3) is 4.09. The van der Waals surface area contributed by atoms with Crippen molar-refractivity contribution in [3.8, 4) is 0 Å². The molecule has 0 heterocycles. The van der Waals surface area contributed by atoms with E-state index in [1.807, 2.05) is 0 Å². The quantitative estimate of drug-likeness (QED) is 0.779. The van der Waals surface area contributed by atoms with E-state index in [0.29, 0.717) is 0 Å². The summed E-state index contributed by atoms with van der Waals surface area (Å²) in [5.41, 5.74) is -0.575. The van der Waals surface area contributed by atoms with Gasteiger partial charge in [-0.05, 0) is 33.6 Å². The van der Waals surface area contributed by atoms with Crippen LogP contribution in [0.3, 0.4) is 0 Å². The second kappa shape index (κ2) is 4.33. The molecule has 16 heavy (non-hydrogen) atoms. The molecule has 0 aromatic carbocycles. The highest BCUT2D eigenvalue weighted by atomic mass is 32.2. The third-order valence-corrected chi connectivity index (χ3v) is 3.86. The predicted octanol–water partition coefficient (Wildman–Crippen LogP) is 0.325. The van der Waals surface area contributed by atoms with E-state index in [0.717, 1.165) is 19.1 Å². The van der Waals surface area contributed by atoms with Gasteiger partial charge in [0.25, 0.3) is 0 Å². The van der Waals surface area contributed by atoms with Crippen molar-refractivity contribution in [3.05, 3.63) is 0 Å². The van der Waals surface area contributed by atoms with E-state index in [4.69, 9.17) is 0 Å². The standard InChI is InChI=1S/C10H20N2O3S/c1-10(2,3)12(16(4,14)15)7-9(13)11-8-5-6-8/h8H,5-7H2,1-4H3,(H,11,13). The summed E-state index contributed by atoms with van der Waals surface area (Å²) in [6, 6.07) is 0.258. The molecule has 1 amide bonds. The molecule has 0 bridgehead atoms. The summed E-state index contributed by atoms with van der Waals surface area (Å²) in [4.78, 5) is 11.6. The Hall–Kier alpha value is -0.620. The molecule has 94 valence electrons. The topological polar surface area (TPSA) is 66.5 Å². The Morgan fingerprint density at radius 2 is 1.88 bits per heavy atom. The molecule has 0 unspecified atom stereocenters. The molecule has 0 radical (unpaired) electrons. The maximum absolute atomic E-state index is 11.6. The number of carbonyl (C=O) groups is 1. The number of hydrogen-bond acceptors (Lipinski definition) is 3. The Morgan fingerprint density at radius 3 is 2.19 bits per heavy atom. The highest BCUT2D eigenvalue weighted by Crippen LogP contribution is 2.20. The SMILES string of the molecule is CC(C)(C)N(CC(=O)NC1CC1)S(C)(=O)=O. The number of carbonyl (C=O) groups excluding carboxylic acids is 1. The first-order valence-electron chi connectivity index (χ1n) is 5.38. The molecular formula is C10H20N2O3S. The molecule has 0 aromatic rings. The summed E-state index contributed by atoms with van der Waals surface area (Å²) in [6.07, 6.45) is 3.13. The summed E-state index contributed by atoms with van der Waals surface area (Å²) in [6.45, 7) is 5.23. The van der Waals surface area contributed by atoms with Gasteiger partial charge in [-0.3, -0.25) is 4.79 Å². The second-order valence-corrected chi connectivity index (χ2v) is 7.19. The molecule has 0 saturated heterocycles. The maximum Gasteiger partial charge on any atom is 0.235 e. The van der Waals surface area contributed by atoms with E-state index < -0.39 is 15.6 Å². The second-order valence-electron chi connectivity index (χ2n) is 5.28. The predicted molar refractivity (Wildman–Crippen MR) is 62.5 cm³/mol. The van der Waals surface area contributed by atoms with Crippen molar-refractivity contribution in [1.82, 2.24) is 9.62 Å². The maximum atomic E-state index is 11.6. The van der Waals surface area contributed by atoms with Crippen LogP contribution < -0.4 is 5.32 Å². The average Bonchev–Trinajstić information content (AvgIpc) is 2.79. The lowest BCUT2D eigenvalue weighted by atomic mass is 10.1. The number of sulfonamides is 1. The molecule has 1 rings (SSSR count). The molecule has 1 aliphatic carbocycles. The monoisotopic (exact) mass is 248 g/mol. The normalized spacial score (nSPS) is 17.6. The lowest BCUT2D eigenvalue weighted by Gasteiger charge is -2.32. The van der Waals surface area contributed by atoms with Gasteiger partial charge < -0.3 is 5.32 Å². The number of nitrogens with one attached hydrogen (secondary N) is 1. The van der Waals surface area contributed by atoms with Crippen LogP contribution in [0, 0.1) is 0 Å². The molecular weight excluding hydrogens is 228 g/mol. The van der Waals surface area contributed by atoms with Crippen LogP contribution in [0.1, 0.15) is 33.6 Å². The van der Waals surface area contributed by atoms with Crippen LogP contribution in [-0.4, -0.2) is 43.0 Å². The van der Waals surface area contributed by atoms with Crippen molar-refractivity contribution < 1.29 is 13.2 Å². The lowest BCUT2D eigenvalue weighted by molar-refractivity contribution is -0.122. The minimum atomic E-state index is -3.36. The van der Waals surface area contributed by atoms with Gasteiger partial charge >= 0.3 is 0 Å². The fourth-order valence-corrected chi connectivity index (χ4v) is 2.83. The van der Waals surface area contributed by atoms with Crippen molar-refractivity contribution in [3.63, 3.8) is 0 Å². The molecule has 6 heteroatoms. The summed E-state index contributed by atoms with van der Waals surface area (Å²) in [7, 11) is -3.36. The zero-order valence-corrected chi connectivity index (χ0v) is 11.1. The van der Waals surface area contributed by atoms with Crippen molar-refractivity contribution in [1.29, 1.82) is 0 Å². The van der Waals surface area contributed by atoms with Crippen LogP contribution >= 0.6 is 0 Å². The molecule has 1 fully saturated rings. The van der Waals surface area contributed by atoms with E-state index >= 15 is 0 Å². The van der Waals surface area contributed by atoms with Gasteiger partial charge in [0.1, 0.15) is 0 Å². The van der Waals surface area contributed by atoms with Gasteiger partial charge in [-0.15, -0.1) is 0 Å². The highest BCUT2D eigenvalue weighted by molar-refractivity contribution is 7.88.